The molecule has 141 heavy (non-hydrogen) atoms. The third kappa shape index (κ3) is 31.1. The molecule has 21 rings (SSSR count). The van der Waals surface area contributed by atoms with Gasteiger partial charge in [0.15, 0.2) is 0 Å². The van der Waals surface area contributed by atoms with Crippen molar-refractivity contribution in [1.82, 2.24) is 29.9 Å². The second-order valence-corrected chi connectivity index (χ2v) is 76.1. The van der Waals surface area contributed by atoms with Crippen molar-refractivity contribution in [2.24, 2.45) is 41.4 Å². The molecule has 6 aliphatic rings. The number of rotatable bonds is 21. The van der Waals surface area contributed by atoms with Crippen molar-refractivity contribution < 1.29 is 60.3 Å². The summed E-state index contributed by atoms with van der Waals surface area (Å²) in [5, 5.41) is 8.82. The summed E-state index contributed by atoms with van der Waals surface area (Å²) in [6, 6.07) is 115. The van der Waals surface area contributed by atoms with Gasteiger partial charge in [0, 0.05) is 97.5 Å². The summed E-state index contributed by atoms with van der Waals surface area (Å²) in [5.74, 6) is 6.64. The first-order chi connectivity index (χ1) is 66.2. The molecule has 0 amide bonds. The van der Waals surface area contributed by atoms with Gasteiger partial charge in [0.2, 0.25) is 0 Å². The fourth-order valence-electron chi connectivity index (χ4n) is 21.2. The van der Waals surface area contributed by atoms with E-state index >= 15 is 0 Å². The summed E-state index contributed by atoms with van der Waals surface area (Å²) in [4.78, 5) is 28.3. The van der Waals surface area contributed by atoms with Crippen molar-refractivity contribution in [2.75, 3.05) is 0 Å². The van der Waals surface area contributed by atoms with Crippen LogP contribution in [0.4, 0.5) is 0 Å². The summed E-state index contributed by atoms with van der Waals surface area (Å²) >= 11 is 0. The number of hydrogen-bond acceptors (Lipinski definition) is 6. The van der Waals surface area contributed by atoms with E-state index in [0.29, 0.717) is 0 Å². The molecule has 0 N–H and O–H groups in total. The van der Waals surface area contributed by atoms with Gasteiger partial charge in [-0.15, -0.1) is 197 Å². The SMILES string of the molecule is C[Si](C)(C)c1ccc(-c2[c-]cccc2)nc1.C[Si](C)(C)c1ccc(-c2[c-]cccc2)nc1.C[Si](C)(C)c1ccc(-c2[c-]cccc2)nc1.C[Si](C)(C)c1cnc(-c2[c-]cc(-c3ccccc3)cc2)cc1CC1C2CC3CC(C2)CC1C3.C[Si](C)(C)c1cnc(-c2[c-]cc(-c3ccccc3)cc2)cc1CC1CCCC1.C[Si](C)(C)c1cnc(-c2[c-]cc(-c3ccccc3)cc2)cc1CC1CCCCC1.[Ir].[Ir].[Ir]. The van der Waals surface area contributed by atoms with Crippen molar-refractivity contribution in [3.05, 3.63) is 363 Å². The van der Waals surface area contributed by atoms with Crippen LogP contribution >= 0.6 is 0 Å². The van der Waals surface area contributed by atoms with Crippen molar-refractivity contribution in [3.63, 3.8) is 0 Å². The molecule has 6 heterocycles. The Hall–Kier alpha value is -8.87. The number of pyridine rings is 6. The molecule has 0 aliphatic heterocycles. The van der Waals surface area contributed by atoms with Crippen LogP contribution in [0.3, 0.4) is 0 Å². The van der Waals surface area contributed by atoms with Gasteiger partial charge in [-0.05, 0) is 158 Å². The molecule has 0 saturated heterocycles. The van der Waals surface area contributed by atoms with Crippen LogP contribution in [0.15, 0.2) is 310 Å². The van der Waals surface area contributed by atoms with E-state index in [4.69, 9.17) is 15.0 Å². The molecule has 737 valence electrons. The van der Waals surface area contributed by atoms with E-state index in [1.165, 1.54) is 174 Å². The Kier molecular flexibility index (Phi) is 39.9. The molecule has 6 saturated carbocycles. The van der Waals surface area contributed by atoms with E-state index in [-0.39, 0.29) is 60.3 Å². The van der Waals surface area contributed by atoms with Crippen LogP contribution in [0, 0.1) is 77.8 Å². The summed E-state index contributed by atoms with van der Waals surface area (Å²) in [6.07, 6.45) is 36.5. The van der Waals surface area contributed by atoms with Crippen molar-refractivity contribution in [2.45, 2.75) is 227 Å². The Bertz CT molecular complexity index is 6080. The third-order valence-corrected chi connectivity index (χ3v) is 41.2. The predicted octanol–water partition coefficient (Wildman–Crippen LogP) is 30.0. The molecule has 0 atom stereocenters. The van der Waals surface area contributed by atoms with E-state index in [9.17, 15) is 0 Å². The van der Waals surface area contributed by atoms with Gasteiger partial charge in [-0.1, -0.05) is 371 Å². The van der Waals surface area contributed by atoms with Crippen molar-refractivity contribution in [1.29, 1.82) is 0 Å². The first-order valence-corrected chi connectivity index (χ1v) is 72.2. The van der Waals surface area contributed by atoms with Gasteiger partial charge in [-0.2, -0.15) is 0 Å². The minimum Gasteiger partial charge on any atom is -0.305 e. The molecular weight excluding hydrogens is 2340 g/mol. The van der Waals surface area contributed by atoms with Crippen LogP contribution in [0.5, 0.6) is 0 Å². The summed E-state index contributed by atoms with van der Waals surface area (Å²) in [7, 11) is -7.95. The van der Waals surface area contributed by atoms with E-state index in [1.54, 1.807) is 16.3 Å². The van der Waals surface area contributed by atoms with E-state index < -0.39 is 48.4 Å². The summed E-state index contributed by atoms with van der Waals surface area (Å²) < 4.78 is 0. The van der Waals surface area contributed by atoms with Crippen LogP contribution in [0.2, 0.25) is 118 Å². The minimum absolute atomic E-state index is 0. The molecule has 6 nitrogen and oxygen atoms in total. The quantitative estimate of drug-likeness (QED) is 0.0527. The number of hydrogen-bond donors (Lipinski definition) is 0. The average molecular weight is 2490 g/mol. The zero-order valence-electron chi connectivity index (χ0n) is 86.7. The van der Waals surface area contributed by atoms with Gasteiger partial charge in [-0.25, -0.2) is 0 Å². The van der Waals surface area contributed by atoms with Gasteiger partial charge in [-0.3, -0.25) is 0 Å². The topological polar surface area (TPSA) is 77.3 Å². The Morgan fingerprint density at radius 3 is 0.759 bits per heavy atom. The standard InChI is InChI=1S/C31H36NSi.C27H32NSi.C26H30NSi.3C14H16NSi.3Ir/c1-33(2,3)31-20-32-30(25-11-9-24(10-12-25)23-7-5-4-6-8-23)19-28(31)18-29-26-14-21-13-22(16-26)17-27(29)15-21;1-29(2,3)27-20-28-26(19-25(27)18-21-10-6-4-7-11-21)24-16-14-23(15-17-24)22-12-8-5-9-13-22;1-28(2,3)26-19-27-25(18-24(26)17-20-9-7-8-10-20)23-15-13-22(14-16-23)21-11-5-4-6-12-21;3*1-16(2,3)13-9-10-14(15-11-13)12-7-5-4-6-8-12;;;/h4-11,19-22,26-27,29H,13-18H2,1-3H3;5,8-9,12-16,19-21H,4,6-7,10-11,18H2,1-3H3;4-6,11-15,18-20H,7-10,17H2,1-3H3;3*4-7,9-11H,1-3H3;;;/q6*-1;;;. The number of aromatic nitrogens is 6. The Morgan fingerprint density at radius 2 is 0.511 bits per heavy atom. The minimum atomic E-state index is -1.45. The van der Waals surface area contributed by atoms with Crippen LogP contribution in [0.25, 0.3) is 101 Å². The molecule has 15 heteroatoms. The Labute approximate surface area is 894 Å². The normalized spacial score (nSPS) is 16.7. The zero-order valence-corrected chi connectivity index (χ0v) is 99.9. The predicted molar refractivity (Wildman–Crippen MR) is 605 cm³/mol. The molecule has 6 fully saturated rings. The van der Waals surface area contributed by atoms with E-state index in [1.807, 2.05) is 91.4 Å². The monoisotopic (exact) mass is 2490 g/mol. The van der Waals surface area contributed by atoms with Gasteiger partial charge < -0.3 is 29.9 Å². The second-order valence-electron chi connectivity index (χ2n) is 45.7. The molecular formula is C126H146Ir3N6Si6-6. The average Bonchev–Trinajstić information content (AvgIpc) is 0.968. The third-order valence-electron chi connectivity index (χ3n) is 28.9. The second kappa shape index (κ2) is 50.8. The fraction of sp³-hybridized carbons (Fsp3) is 0.333. The number of benzene rings is 9. The molecule has 6 aromatic heterocycles. The first kappa shape index (κ1) is 111. The molecule has 0 spiro atoms. The van der Waals surface area contributed by atoms with Gasteiger partial charge >= 0.3 is 0 Å². The Morgan fingerprint density at radius 1 is 0.241 bits per heavy atom. The smallest absolute Gasteiger partial charge is 0.0798 e. The van der Waals surface area contributed by atoms with Crippen LogP contribution in [0.1, 0.15) is 107 Å². The van der Waals surface area contributed by atoms with Crippen LogP contribution in [-0.2, 0) is 79.6 Å². The van der Waals surface area contributed by atoms with Gasteiger partial charge in [0.25, 0.3) is 0 Å². The maximum Gasteiger partial charge on any atom is 0.0798 e. The van der Waals surface area contributed by atoms with Crippen molar-refractivity contribution in [3.8, 4) is 101 Å². The maximum atomic E-state index is 4.97. The number of nitrogens with zero attached hydrogens (tertiary/aromatic N) is 6. The fourth-order valence-corrected chi connectivity index (χ4v) is 29.0. The van der Waals surface area contributed by atoms with E-state index in [2.05, 4.69) is 388 Å². The van der Waals surface area contributed by atoms with Gasteiger partial charge in [0.1, 0.15) is 0 Å². The van der Waals surface area contributed by atoms with Gasteiger partial charge in [0.05, 0.1) is 48.4 Å². The summed E-state index contributed by atoms with van der Waals surface area (Å²) in [5.41, 5.74) is 24.7. The molecule has 15 aromatic rings. The van der Waals surface area contributed by atoms with E-state index in [0.717, 1.165) is 109 Å². The van der Waals surface area contributed by atoms with Crippen LogP contribution < -0.4 is 31.1 Å². The van der Waals surface area contributed by atoms with Crippen molar-refractivity contribution >= 4 is 79.6 Å². The molecule has 9 aromatic carbocycles. The molecule has 0 unspecified atom stereocenters. The largest absolute Gasteiger partial charge is 0.305 e. The Balaban J connectivity index is 0.000000154. The zero-order chi connectivity index (χ0) is 97.2. The molecule has 3 radical (unpaired) electrons. The molecule has 4 bridgehead atoms. The molecule has 6 aliphatic carbocycles. The summed E-state index contributed by atoms with van der Waals surface area (Å²) in [6.45, 7) is 43.0. The first-order valence-electron chi connectivity index (χ1n) is 51.2. The van der Waals surface area contributed by atoms with Crippen LogP contribution in [-0.4, -0.2) is 78.3 Å². The maximum absolute atomic E-state index is 4.97.